The summed E-state index contributed by atoms with van der Waals surface area (Å²) >= 11 is 0. The van der Waals surface area contributed by atoms with Gasteiger partial charge < -0.3 is 14.9 Å². The van der Waals surface area contributed by atoms with E-state index in [1.807, 2.05) is 54.6 Å². The number of carbonyl (C=O) groups is 1. The van der Waals surface area contributed by atoms with Crippen molar-refractivity contribution >= 4 is 30.2 Å². The van der Waals surface area contributed by atoms with Crippen LogP contribution in [-0.4, -0.2) is 41.5 Å². The molecule has 7 nitrogen and oxygen atoms in total. The third-order valence-electron chi connectivity index (χ3n) is 5.50. The zero-order valence-electron chi connectivity index (χ0n) is 18.1. The van der Waals surface area contributed by atoms with E-state index in [2.05, 4.69) is 44.6 Å². The van der Waals surface area contributed by atoms with Crippen LogP contribution in [0.1, 0.15) is 16.1 Å². The highest BCUT2D eigenvalue weighted by molar-refractivity contribution is 6.69. The number of carbonyl (C=O) groups excluding carboxylic acids is 1. The van der Waals surface area contributed by atoms with Gasteiger partial charge in [-0.2, -0.15) is 5.10 Å². The molecule has 2 N–H and O–H groups in total. The van der Waals surface area contributed by atoms with Crippen LogP contribution in [0.25, 0.3) is 17.5 Å². The number of anilines is 2. The molecule has 0 saturated heterocycles. The van der Waals surface area contributed by atoms with Crippen LogP contribution in [0.5, 0.6) is 5.75 Å². The Morgan fingerprint density at radius 1 is 1.03 bits per heavy atom. The van der Waals surface area contributed by atoms with Gasteiger partial charge in [0.1, 0.15) is 17.1 Å². The maximum absolute atomic E-state index is 12.9. The summed E-state index contributed by atoms with van der Waals surface area (Å²) in [6.07, 6.45) is 3.80. The fourth-order valence-corrected chi connectivity index (χ4v) is 3.67. The summed E-state index contributed by atoms with van der Waals surface area (Å²) in [5.41, 5.74) is 4.77. The first-order valence-electron chi connectivity index (χ1n) is 10.7. The lowest BCUT2D eigenvalue weighted by atomic mass is 9.61. The minimum Gasteiger partial charge on any atom is -0.499 e. The van der Waals surface area contributed by atoms with Gasteiger partial charge in [-0.25, -0.2) is 0 Å². The number of aromatic nitrogens is 3. The first kappa shape index (κ1) is 20.6. The van der Waals surface area contributed by atoms with E-state index >= 15 is 0 Å². The van der Waals surface area contributed by atoms with Gasteiger partial charge in [0.25, 0.3) is 5.91 Å². The van der Waals surface area contributed by atoms with Crippen LogP contribution < -0.4 is 14.9 Å². The monoisotopic (exact) mass is 435 g/mol. The Bertz CT molecular complexity index is 1290. The molecule has 1 aliphatic heterocycles. The van der Waals surface area contributed by atoms with E-state index in [9.17, 15) is 4.79 Å². The largest absolute Gasteiger partial charge is 0.499 e. The molecule has 1 amide bonds. The number of fused-ring (bicyclic) bond motifs is 1. The molecular weight excluding hydrogens is 413 g/mol. The standard InChI is InChI=1S/C25H22BN5O2/c1-31(25(32)24-16-23(29-30-24)22-8-4-5-15-27-22)19-9-11-20(12-10-19)33-17-26-14-13-18-6-2-3-7-21(18)28-26/h2-16,28H,17H2,1H3,(H,29,30). The van der Waals surface area contributed by atoms with Crippen LogP contribution in [0.4, 0.5) is 11.4 Å². The van der Waals surface area contributed by atoms with Gasteiger partial charge in [-0.05, 0) is 54.1 Å². The summed E-state index contributed by atoms with van der Waals surface area (Å²) in [7, 11) is 1.73. The van der Waals surface area contributed by atoms with Crippen LogP contribution in [-0.2, 0) is 0 Å². The Hall–Kier alpha value is -4.33. The second-order valence-corrected chi connectivity index (χ2v) is 7.75. The summed E-state index contributed by atoms with van der Waals surface area (Å²) in [6.45, 7) is 0.598. The zero-order chi connectivity index (χ0) is 22.6. The number of ether oxygens (including phenoxy) is 1. The van der Waals surface area contributed by atoms with Crippen molar-refractivity contribution in [3.05, 3.63) is 96.2 Å². The second-order valence-electron chi connectivity index (χ2n) is 7.75. The number of aromatic amines is 1. The highest BCUT2D eigenvalue weighted by Crippen LogP contribution is 2.23. The number of hydrogen-bond acceptors (Lipinski definition) is 5. The van der Waals surface area contributed by atoms with Crippen LogP contribution in [0.3, 0.4) is 0 Å². The minimum absolute atomic E-state index is 0.0949. The van der Waals surface area contributed by atoms with Gasteiger partial charge in [0.15, 0.2) is 0 Å². The number of benzene rings is 2. The lowest BCUT2D eigenvalue weighted by Crippen LogP contribution is -2.32. The number of pyridine rings is 1. The number of H-pyrrole nitrogens is 1. The lowest BCUT2D eigenvalue weighted by Gasteiger charge is -2.20. The number of amides is 1. The topological polar surface area (TPSA) is 83.1 Å². The zero-order valence-corrected chi connectivity index (χ0v) is 18.1. The number of nitrogens with one attached hydrogen (secondary N) is 2. The molecular formula is C25H22BN5O2. The molecule has 2 aromatic carbocycles. The molecule has 33 heavy (non-hydrogen) atoms. The molecule has 0 fully saturated rings. The lowest BCUT2D eigenvalue weighted by molar-refractivity contribution is 0.0988. The van der Waals surface area contributed by atoms with E-state index in [1.54, 1.807) is 24.2 Å². The van der Waals surface area contributed by atoms with Crippen molar-refractivity contribution in [3.63, 3.8) is 0 Å². The molecule has 3 heterocycles. The summed E-state index contributed by atoms with van der Waals surface area (Å²) in [5, 5.41) is 10.5. The van der Waals surface area contributed by atoms with Gasteiger partial charge in [0.05, 0.1) is 12.2 Å². The van der Waals surface area contributed by atoms with Gasteiger partial charge in [0, 0.05) is 24.6 Å². The normalized spacial score (nSPS) is 12.1. The Kier molecular flexibility index (Phi) is 5.63. The predicted octanol–water partition coefficient (Wildman–Crippen LogP) is 4.34. The molecule has 1 aliphatic rings. The fourth-order valence-electron chi connectivity index (χ4n) is 3.67. The molecule has 8 heteroatoms. The highest BCUT2D eigenvalue weighted by Gasteiger charge is 2.19. The first-order valence-corrected chi connectivity index (χ1v) is 10.7. The quantitative estimate of drug-likeness (QED) is 0.441. The molecule has 4 aromatic rings. The van der Waals surface area contributed by atoms with E-state index in [0.29, 0.717) is 23.6 Å². The molecule has 162 valence electrons. The summed E-state index contributed by atoms with van der Waals surface area (Å²) < 4.78 is 5.95. The molecule has 0 saturated carbocycles. The van der Waals surface area contributed by atoms with E-state index < -0.39 is 0 Å². The van der Waals surface area contributed by atoms with Crippen LogP contribution in [0.15, 0.2) is 85.0 Å². The fraction of sp³-hybridized carbons (Fsp3) is 0.0800. The average Bonchev–Trinajstić information content (AvgIpc) is 3.38. The molecule has 0 aliphatic carbocycles. The average molecular weight is 435 g/mol. The van der Waals surface area contributed by atoms with Gasteiger partial charge in [-0.15, -0.1) is 0 Å². The van der Waals surface area contributed by atoms with Gasteiger partial charge in [0.2, 0.25) is 0 Å². The van der Waals surface area contributed by atoms with E-state index in [1.165, 1.54) is 5.56 Å². The van der Waals surface area contributed by atoms with Gasteiger partial charge in [-0.3, -0.25) is 14.9 Å². The predicted molar refractivity (Wildman–Crippen MR) is 131 cm³/mol. The Labute approximate surface area is 192 Å². The van der Waals surface area contributed by atoms with Crippen molar-refractivity contribution in [3.8, 4) is 17.1 Å². The summed E-state index contributed by atoms with van der Waals surface area (Å²) in [6, 6.07) is 22.9. The third kappa shape index (κ3) is 4.50. The Balaban J connectivity index is 1.20. The second kappa shape index (κ2) is 9.04. The molecule has 5 rings (SSSR count). The molecule has 2 aromatic heterocycles. The number of hydrogen-bond donors (Lipinski definition) is 2. The van der Waals surface area contributed by atoms with E-state index in [4.69, 9.17) is 4.74 Å². The minimum atomic E-state index is -0.187. The Morgan fingerprint density at radius 2 is 1.85 bits per heavy atom. The van der Waals surface area contributed by atoms with Crippen molar-refractivity contribution in [1.29, 1.82) is 0 Å². The maximum atomic E-state index is 12.9. The number of nitrogens with zero attached hydrogens (tertiary/aromatic N) is 3. The number of para-hydroxylation sites is 1. The Morgan fingerprint density at radius 3 is 2.67 bits per heavy atom. The summed E-state index contributed by atoms with van der Waals surface area (Å²) in [4.78, 5) is 18.7. The van der Waals surface area contributed by atoms with Crippen LogP contribution in [0.2, 0.25) is 0 Å². The van der Waals surface area contributed by atoms with Gasteiger partial charge in [-0.1, -0.05) is 36.3 Å². The van der Waals surface area contributed by atoms with Crippen LogP contribution >= 0.6 is 0 Å². The van der Waals surface area contributed by atoms with E-state index in [-0.39, 0.29) is 12.8 Å². The molecule has 0 atom stereocenters. The third-order valence-corrected chi connectivity index (χ3v) is 5.50. The maximum Gasteiger partial charge on any atom is 0.319 e. The SMILES string of the molecule is CN(C(=O)c1cc(-c2ccccn2)n[nH]1)c1ccc(OCB2C=Cc3ccccc3N2)cc1. The number of rotatable bonds is 6. The highest BCUT2D eigenvalue weighted by atomic mass is 16.5. The van der Waals surface area contributed by atoms with Crippen LogP contribution in [0, 0.1) is 0 Å². The molecule has 0 bridgehead atoms. The first-order chi connectivity index (χ1) is 16.2. The summed E-state index contributed by atoms with van der Waals surface area (Å²) in [5.74, 6) is 2.66. The van der Waals surface area contributed by atoms with Crippen molar-refractivity contribution in [2.45, 2.75) is 0 Å². The van der Waals surface area contributed by atoms with Crippen molar-refractivity contribution in [2.75, 3.05) is 23.7 Å². The van der Waals surface area contributed by atoms with Crippen molar-refractivity contribution < 1.29 is 9.53 Å². The smallest absolute Gasteiger partial charge is 0.319 e. The molecule has 0 spiro atoms. The van der Waals surface area contributed by atoms with Gasteiger partial charge >= 0.3 is 6.85 Å². The van der Waals surface area contributed by atoms with E-state index in [0.717, 1.165) is 17.1 Å². The molecule has 0 radical (unpaired) electrons. The molecule has 0 unspecified atom stereocenters. The van der Waals surface area contributed by atoms with Crippen molar-refractivity contribution in [2.24, 2.45) is 0 Å². The van der Waals surface area contributed by atoms with Crippen molar-refractivity contribution in [1.82, 2.24) is 15.2 Å².